The van der Waals surface area contributed by atoms with Crippen molar-refractivity contribution in [2.24, 2.45) is 11.3 Å². The molecular formula is C41H59N2O16S4+. The van der Waals surface area contributed by atoms with Gasteiger partial charge in [0, 0.05) is 49.4 Å². The summed E-state index contributed by atoms with van der Waals surface area (Å²) in [5, 5.41) is 18.8. The highest BCUT2D eigenvalue weighted by Crippen LogP contribution is 2.51. The molecule has 1 aromatic carbocycles. The van der Waals surface area contributed by atoms with Gasteiger partial charge in [-0.3, -0.25) is 18.5 Å². The van der Waals surface area contributed by atoms with Crippen molar-refractivity contribution in [2.45, 2.75) is 81.6 Å². The highest BCUT2D eigenvalue weighted by Gasteiger charge is 2.55. The van der Waals surface area contributed by atoms with Crippen molar-refractivity contribution in [3.05, 3.63) is 83.0 Å². The maximum atomic E-state index is 12.8. The van der Waals surface area contributed by atoms with E-state index >= 15 is 0 Å². The molecule has 2 aliphatic heterocycles. The summed E-state index contributed by atoms with van der Waals surface area (Å²) in [7, 11) is -15.8. The Morgan fingerprint density at radius 2 is 1.56 bits per heavy atom. The molecular weight excluding hydrogens is 905 g/mol. The maximum absolute atomic E-state index is 12.8. The van der Waals surface area contributed by atoms with E-state index in [1.165, 1.54) is 25.3 Å². The van der Waals surface area contributed by atoms with Gasteiger partial charge in [-0.2, -0.15) is 25.3 Å². The van der Waals surface area contributed by atoms with Crippen molar-refractivity contribution >= 4 is 57.6 Å². The number of methoxy groups -OCH3 is 1. The molecule has 352 valence electrons. The van der Waals surface area contributed by atoms with E-state index in [0.29, 0.717) is 56.0 Å². The molecule has 1 aliphatic carbocycles. The van der Waals surface area contributed by atoms with Crippen LogP contribution in [0.4, 0.5) is 5.69 Å². The number of fused-ring (bicyclic) bond motifs is 2. The number of sulfone groups is 1. The third kappa shape index (κ3) is 13.7. The molecule has 4 rings (SSSR count). The van der Waals surface area contributed by atoms with Crippen molar-refractivity contribution in [1.82, 2.24) is 0 Å². The summed E-state index contributed by atoms with van der Waals surface area (Å²) in [6.45, 7) is 5.27. The van der Waals surface area contributed by atoms with Gasteiger partial charge >= 0.3 is 5.97 Å². The molecule has 5 N–H and O–H groups in total. The lowest BCUT2D eigenvalue weighted by atomic mass is 9.69. The molecule has 0 radical (unpaired) electrons. The molecule has 0 aromatic heterocycles. The summed E-state index contributed by atoms with van der Waals surface area (Å²) in [5.74, 6) is -3.64. The first-order chi connectivity index (χ1) is 29.4. The van der Waals surface area contributed by atoms with E-state index in [0.717, 1.165) is 5.71 Å². The molecule has 0 saturated carbocycles. The second-order valence-corrected chi connectivity index (χ2v) is 22.7. The number of aliphatic hydroxyl groups is 1. The minimum atomic E-state index is -4.63. The lowest BCUT2D eigenvalue weighted by molar-refractivity contribution is -0.550. The van der Waals surface area contributed by atoms with Gasteiger partial charge in [0.2, 0.25) is 9.84 Å². The number of anilines is 1. The normalized spacial score (nSPS) is 23.6. The Labute approximate surface area is 370 Å². The van der Waals surface area contributed by atoms with Crippen LogP contribution >= 0.6 is 0 Å². The number of carboxylic acid groups (broad SMARTS) is 1. The van der Waals surface area contributed by atoms with Gasteiger partial charge in [0.05, 0.1) is 52.5 Å². The van der Waals surface area contributed by atoms with Gasteiger partial charge < -0.3 is 24.6 Å². The van der Waals surface area contributed by atoms with Crippen molar-refractivity contribution in [3.63, 3.8) is 0 Å². The van der Waals surface area contributed by atoms with Gasteiger partial charge in [0.25, 0.3) is 30.4 Å². The number of hydrogen-bond donors (Lipinski definition) is 5. The number of carbonyl (C=O) groups is 1. The van der Waals surface area contributed by atoms with Gasteiger partial charge in [0.15, 0.2) is 11.8 Å². The number of rotatable bonds is 26. The van der Waals surface area contributed by atoms with E-state index in [9.17, 15) is 57.2 Å². The average Bonchev–Trinajstić information content (AvgIpc) is 3.55. The summed E-state index contributed by atoms with van der Waals surface area (Å²) < 4.78 is 139. The van der Waals surface area contributed by atoms with Crippen molar-refractivity contribution in [1.29, 1.82) is 0 Å². The van der Waals surface area contributed by atoms with Crippen LogP contribution < -0.4 is 4.90 Å². The second-order valence-electron chi connectivity index (χ2n) is 16.2. The number of unbranched alkanes of at least 4 members (excludes halogenated alkanes) is 2. The zero-order valence-corrected chi connectivity index (χ0v) is 38.8. The summed E-state index contributed by atoms with van der Waals surface area (Å²) >= 11 is 0. The molecule has 22 heteroatoms. The minimum absolute atomic E-state index is 0.00279. The Morgan fingerprint density at radius 1 is 0.873 bits per heavy atom. The Morgan fingerprint density at radius 3 is 2.17 bits per heavy atom. The molecule has 3 aliphatic rings. The van der Waals surface area contributed by atoms with E-state index in [2.05, 4.69) is 4.58 Å². The predicted octanol–water partition coefficient (Wildman–Crippen LogP) is 3.93. The predicted molar refractivity (Wildman–Crippen MR) is 236 cm³/mol. The highest BCUT2D eigenvalue weighted by atomic mass is 32.2. The molecule has 2 heterocycles. The van der Waals surface area contributed by atoms with Crippen LogP contribution in [-0.4, -0.2) is 137 Å². The Balaban J connectivity index is 1.82. The highest BCUT2D eigenvalue weighted by molar-refractivity contribution is 7.95. The van der Waals surface area contributed by atoms with Gasteiger partial charge in [-0.15, -0.1) is 0 Å². The first-order valence-electron chi connectivity index (χ1n) is 20.4. The zero-order chi connectivity index (χ0) is 46.9. The third-order valence-corrected chi connectivity index (χ3v) is 15.6. The van der Waals surface area contributed by atoms with Crippen molar-refractivity contribution < 1.29 is 76.4 Å². The summed E-state index contributed by atoms with van der Waals surface area (Å²) in [5.41, 5.74) is 0.505. The largest absolute Gasteiger partial charge is 0.481 e. The van der Waals surface area contributed by atoms with E-state index in [1.807, 2.05) is 17.9 Å². The number of aliphatic hydroxyl groups excluding tert-OH is 1. The van der Waals surface area contributed by atoms with Gasteiger partial charge in [0.1, 0.15) is 12.5 Å². The second kappa shape index (κ2) is 21.6. The van der Waals surface area contributed by atoms with E-state index in [1.54, 1.807) is 49.4 Å². The van der Waals surface area contributed by atoms with E-state index in [-0.39, 0.29) is 55.1 Å². The lowest BCUT2D eigenvalue weighted by Gasteiger charge is -2.30. The van der Waals surface area contributed by atoms with Crippen LogP contribution in [0.1, 0.15) is 70.8 Å². The monoisotopic (exact) mass is 963 g/mol. The molecule has 4 unspecified atom stereocenters. The average molecular weight is 964 g/mol. The molecule has 18 nitrogen and oxygen atoms in total. The maximum Gasteiger partial charge on any atom is 0.303 e. The number of hydrogen-bond acceptors (Lipinski definition) is 13. The Hall–Kier alpha value is -3.58. The molecule has 4 atom stereocenters. The van der Waals surface area contributed by atoms with Crippen LogP contribution in [0.2, 0.25) is 0 Å². The van der Waals surface area contributed by atoms with Crippen molar-refractivity contribution in [2.75, 3.05) is 62.4 Å². The van der Waals surface area contributed by atoms with Crippen LogP contribution in [0, 0.1) is 11.3 Å². The summed E-state index contributed by atoms with van der Waals surface area (Å²) in [6.07, 6.45) is 15.5. The summed E-state index contributed by atoms with van der Waals surface area (Å²) in [4.78, 5) is 12.6. The number of ether oxygens (including phenoxy) is 2. The van der Waals surface area contributed by atoms with Crippen molar-refractivity contribution in [3.8, 4) is 0 Å². The topological polar surface area (TPSA) is 279 Å². The molecule has 0 amide bonds. The molecule has 63 heavy (non-hydrogen) atoms. The van der Waals surface area contributed by atoms with E-state index in [4.69, 9.17) is 14.6 Å². The summed E-state index contributed by atoms with van der Waals surface area (Å²) in [6, 6.07) is 3.77. The fourth-order valence-electron chi connectivity index (χ4n) is 8.71. The molecule has 0 spiro atoms. The number of benzene rings is 1. The molecule has 1 aromatic rings. The smallest absolute Gasteiger partial charge is 0.303 e. The van der Waals surface area contributed by atoms with Crippen LogP contribution in [0.3, 0.4) is 0 Å². The van der Waals surface area contributed by atoms with Gasteiger partial charge in [-0.05, 0) is 94.4 Å². The zero-order valence-electron chi connectivity index (χ0n) is 35.6. The number of nitrogens with zero attached hydrogens (tertiary/aromatic N) is 2. The Bertz CT molecular complexity index is 2480. The number of carboxylic acids is 1. The first-order valence-corrected chi connectivity index (χ1v) is 26.7. The molecule has 0 bridgehead atoms. The SMILES string of the molecule is COCCOCCN1/C(=C/C=C/C=C/C2=[N+](CCCCCC(=O)O)C3C=CC(S(=O)(=O)CO)=CC3C2(C)CCCS(=O)(=O)O)C(C)(CCCS(=O)(=O)O)c2cc(S(=O)(=O)O)ccc21. The lowest BCUT2D eigenvalue weighted by Crippen LogP contribution is -2.35. The number of allylic oxidation sites excluding steroid dienone is 7. The first kappa shape index (κ1) is 52.0. The molecule has 0 fully saturated rings. The van der Waals surface area contributed by atoms with Crippen LogP contribution in [0.25, 0.3) is 0 Å². The Kier molecular flexibility index (Phi) is 17.8. The quantitative estimate of drug-likeness (QED) is 0.0381. The minimum Gasteiger partial charge on any atom is -0.481 e. The number of aliphatic carboxylic acids is 1. The van der Waals surface area contributed by atoms with Gasteiger partial charge in [-0.25, -0.2) is 13.0 Å². The standard InChI is InChI=1S/C41H58N2O16S4/c1-40(19-10-26-61(49,50)51)33-28-31(60(47,48)30-44)15-17-35(33)42(21-9-5-8-14-39(45)46)37(40)12-6-4-7-13-38-41(2,20-11-27-62(52,53)54)34-29-32(63(55,56)57)16-18-36(34)43(38)22-23-59-25-24-58-3/h4,6-7,12-13,15-18,28-29,33,35,44H,5,8-11,14,19-27,30H2,1-3H3,(H3-,45,46,49,50,51,52,53,54,55,56,57)/p+1. The third-order valence-electron chi connectivity index (χ3n) is 11.8. The van der Waals surface area contributed by atoms with Gasteiger partial charge in [-0.1, -0.05) is 24.3 Å². The van der Waals surface area contributed by atoms with E-state index < -0.39 is 86.4 Å². The van der Waals surface area contributed by atoms with Crippen LogP contribution in [0.15, 0.2) is 82.3 Å². The van der Waals surface area contributed by atoms with Crippen LogP contribution in [-0.2, 0) is 59.9 Å². The fraction of sp³-hybridized carbons (Fsp3) is 0.561. The fourth-order valence-corrected chi connectivity index (χ4v) is 11.0. The van der Waals surface area contributed by atoms with Crippen LogP contribution in [0.5, 0.6) is 0 Å². The molecule has 0 saturated heterocycles.